The topological polar surface area (TPSA) is 55.6 Å². The highest BCUT2D eigenvalue weighted by Gasteiger charge is 2.26. The Morgan fingerprint density at radius 2 is 1.87 bits per heavy atom. The number of anilines is 1. The monoisotopic (exact) mass is 327 g/mol. The number of nitrogens with zero attached hydrogens (tertiary/aromatic N) is 4. The van der Waals surface area contributed by atoms with Crippen LogP contribution in [0.25, 0.3) is 5.70 Å². The third-order valence-corrected chi connectivity index (χ3v) is 3.96. The first-order valence-electron chi connectivity index (χ1n) is 6.99. The third-order valence-electron chi connectivity index (χ3n) is 3.71. The zero-order valence-corrected chi connectivity index (χ0v) is 12.6. The van der Waals surface area contributed by atoms with Crippen LogP contribution in [0.5, 0.6) is 0 Å². The van der Waals surface area contributed by atoms with Crippen molar-refractivity contribution in [2.45, 2.75) is 6.04 Å². The second-order valence-electron chi connectivity index (χ2n) is 5.13. The van der Waals surface area contributed by atoms with Crippen molar-refractivity contribution >= 4 is 23.2 Å². The van der Waals surface area contributed by atoms with Gasteiger partial charge < -0.3 is 5.32 Å². The number of fused-ring (bicyclic) bond motifs is 1. The number of hydrogen-bond acceptors (Lipinski definition) is 4. The normalized spacial score (nSPS) is 16.4. The van der Waals surface area contributed by atoms with Gasteiger partial charge in [-0.25, -0.2) is 4.39 Å². The van der Waals surface area contributed by atoms with Gasteiger partial charge in [0.2, 0.25) is 5.95 Å². The second-order valence-corrected chi connectivity index (χ2v) is 5.56. The van der Waals surface area contributed by atoms with Crippen LogP contribution in [0.15, 0.2) is 54.6 Å². The minimum absolute atomic E-state index is 0.299. The Hall–Kier alpha value is -2.73. The van der Waals surface area contributed by atoms with E-state index in [2.05, 4.69) is 20.8 Å². The number of rotatable bonds is 2. The van der Waals surface area contributed by atoms with Gasteiger partial charge >= 0.3 is 0 Å². The van der Waals surface area contributed by atoms with E-state index in [-0.39, 0.29) is 5.82 Å². The molecule has 7 heteroatoms. The van der Waals surface area contributed by atoms with Gasteiger partial charge in [-0.05, 0) is 40.3 Å². The smallest absolute Gasteiger partial charge is 0.248 e. The fraction of sp³-hybridized carbons (Fsp3) is 0.0625. The molecule has 0 fully saturated rings. The molecule has 1 aliphatic heterocycles. The number of allylic oxidation sites excluding steroid dienone is 1. The van der Waals surface area contributed by atoms with Gasteiger partial charge in [-0.3, -0.25) is 0 Å². The summed E-state index contributed by atoms with van der Waals surface area (Å²) in [7, 11) is 0. The molecule has 1 atom stereocenters. The minimum atomic E-state index is -0.423. The van der Waals surface area contributed by atoms with E-state index in [0.29, 0.717) is 16.5 Å². The molecular formula is C16H11ClFN5. The molecule has 1 N–H and O–H groups in total. The van der Waals surface area contributed by atoms with E-state index in [1.165, 1.54) is 6.07 Å². The average Bonchev–Trinajstić information content (AvgIpc) is 3.04. The molecule has 0 amide bonds. The van der Waals surface area contributed by atoms with Gasteiger partial charge in [0.15, 0.2) is 0 Å². The van der Waals surface area contributed by atoms with Crippen molar-refractivity contribution in [1.29, 1.82) is 0 Å². The Kier molecular flexibility index (Phi) is 3.31. The van der Waals surface area contributed by atoms with Crippen LogP contribution >= 0.6 is 11.6 Å². The van der Waals surface area contributed by atoms with Gasteiger partial charge in [-0.1, -0.05) is 47.0 Å². The summed E-state index contributed by atoms with van der Waals surface area (Å²) in [6.45, 7) is 0. The Balaban J connectivity index is 1.83. The third kappa shape index (κ3) is 2.47. The maximum Gasteiger partial charge on any atom is 0.248 e. The van der Waals surface area contributed by atoms with Crippen molar-refractivity contribution in [2.24, 2.45) is 0 Å². The SMILES string of the molecule is Fc1ccccc1C1C=C(c2ccc(Cl)cc2)Nc2nnnn21. The van der Waals surface area contributed by atoms with Gasteiger partial charge in [-0.15, -0.1) is 0 Å². The predicted molar refractivity (Wildman–Crippen MR) is 85.4 cm³/mol. The van der Waals surface area contributed by atoms with Crippen LogP contribution in [0.1, 0.15) is 17.2 Å². The first-order chi connectivity index (χ1) is 11.2. The van der Waals surface area contributed by atoms with Crippen LogP contribution in [0.4, 0.5) is 10.3 Å². The Bertz CT molecular complexity index is 887. The van der Waals surface area contributed by atoms with E-state index < -0.39 is 6.04 Å². The standard InChI is InChI=1S/C16H11ClFN5/c17-11-7-5-10(6-8-11)14-9-15(12-3-1-2-4-13(12)18)23-16(19-14)20-21-22-23/h1-9,15H,(H,19,20,22). The van der Waals surface area contributed by atoms with Crippen LogP contribution in [0.3, 0.4) is 0 Å². The lowest BCUT2D eigenvalue weighted by Gasteiger charge is -2.23. The molecule has 2 aromatic carbocycles. The molecule has 1 aliphatic rings. The van der Waals surface area contributed by atoms with Gasteiger partial charge in [0.05, 0.1) is 0 Å². The van der Waals surface area contributed by atoms with Crippen molar-refractivity contribution in [2.75, 3.05) is 5.32 Å². The molecule has 1 aromatic heterocycles. The zero-order valence-electron chi connectivity index (χ0n) is 11.8. The number of hydrogen-bond donors (Lipinski definition) is 1. The summed E-state index contributed by atoms with van der Waals surface area (Å²) in [6.07, 6.45) is 1.89. The molecule has 0 aliphatic carbocycles. The molecule has 3 aromatic rings. The quantitative estimate of drug-likeness (QED) is 0.782. The van der Waals surface area contributed by atoms with Gasteiger partial charge in [0.1, 0.15) is 11.9 Å². The van der Waals surface area contributed by atoms with Crippen LogP contribution in [0.2, 0.25) is 5.02 Å². The van der Waals surface area contributed by atoms with Crippen molar-refractivity contribution < 1.29 is 4.39 Å². The Labute approximate surface area is 136 Å². The molecular weight excluding hydrogens is 317 g/mol. The maximum atomic E-state index is 14.2. The van der Waals surface area contributed by atoms with E-state index in [1.54, 1.807) is 35.0 Å². The highest BCUT2D eigenvalue weighted by atomic mass is 35.5. The number of aromatic nitrogens is 4. The molecule has 4 rings (SSSR count). The largest absolute Gasteiger partial charge is 0.323 e. The molecule has 0 saturated carbocycles. The first-order valence-corrected chi connectivity index (χ1v) is 7.37. The fourth-order valence-electron chi connectivity index (χ4n) is 2.59. The lowest BCUT2D eigenvalue weighted by atomic mass is 10.0. The summed E-state index contributed by atoms with van der Waals surface area (Å²) in [4.78, 5) is 0. The van der Waals surface area contributed by atoms with Crippen molar-refractivity contribution in [3.63, 3.8) is 0 Å². The molecule has 5 nitrogen and oxygen atoms in total. The van der Waals surface area contributed by atoms with Gasteiger partial charge in [-0.2, -0.15) is 4.68 Å². The highest BCUT2D eigenvalue weighted by molar-refractivity contribution is 6.30. The first kappa shape index (κ1) is 13.9. The van der Waals surface area contributed by atoms with Crippen molar-refractivity contribution in [1.82, 2.24) is 20.2 Å². The van der Waals surface area contributed by atoms with Crippen LogP contribution in [0, 0.1) is 5.82 Å². The average molecular weight is 328 g/mol. The van der Waals surface area contributed by atoms with Gasteiger partial charge in [0.25, 0.3) is 0 Å². The van der Waals surface area contributed by atoms with Crippen LogP contribution in [-0.4, -0.2) is 20.2 Å². The zero-order chi connectivity index (χ0) is 15.8. The van der Waals surface area contributed by atoms with E-state index >= 15 is 0 Å². The van der Waals surface area contributed by atoms with E-state index in [1.807, 2.05) is 18.2 Å². The maximum absolute atomic E-state index is 14.2. The van der Waals surface area contributed by atoms with E-state index in [4.69, 9.17) is 11.6 Å². The Morgan fingerprint density at radius 3 is 2.65 bits per heavy atom. The molecule has 1 unspecified atom stereocenters. The molecule has 114 valence electrons. The van der Waals surface area contributed by atoms with E-state index in [0.717, 1.165) is 11.3 Å². The number of benzene rings is 2. The van der Waals surface area contributed by atoms with Gasteiger partial charge in [0, 0.05) is 16.3 Å². The summed E-state index contributed by atoms with van der Waals surface area (Å²) in [5.74, 6) is 0.165. The van der Waals surface area contributed by atoms with Crippen molar-refractivity contribution in [3.8, 4) is 0 Å². The number of nitrogens with one attached hydrogen (secondary N) is 1. The molecule has 0 bridgehead atoms. The number of halogens is 2. The summed E-state index contributed by atoms with van der Waals surface area (Å²) in [5.41, 5.74) is 2.23. The molecule has 23 heavy (non-hydrogen) atoms. The fourth-order valence-corrected chi connectivity index (χ4v) is 2.71. The van der Waals surface area contributed by atoms with Crippen LogP contribution < -0.4 is 5.32 Å². The lowest BCUT2D eigenvalue weighted by Crippen LogP contribution is -2.21. The summed E-state index contributed by atoms with van der Waals surface area (Å²) in [5, 5.41) is 15.4. The lowest BCUT2D eigenvalue weighted by molar-refractivity contribution is 0.540. The summed E-state index contributed by atoms with van der Waals surface area (Å²) in [6, 6.07) is 13.6. The summed E-state index contributed by atoms with van der Waals surface area (Å²) >= 11 is 5.93. The van der Waals surface area contributed by atoms with Crippen molar-refractivity contribution in [3.05, 3.63) is 76.6 Å². The number of tetrazole rings is 1. The summed E-state index contributed by atoms with van der Waals surface area (Å²) < 4.78 is 15.8. The second kappa shape index (κ2) is 5.48. The van der Waals surface area contributed by atoms with Crippen LogP contribution in [-0.2, 0) is 0 Å². The predicted octanol–water partition coefficient (Wildman–Crippen LogP) is 3.52. The highest BCUT2D eigenvalue weighted by Crippen LogP contribution is 2.32. The molecule has 0 saturated heterocycles. The van der Waals surface area contributed by atoms with E-state index in [9.17, 15) is 4.39 Å². The minimum Gasteiger partial charge on any atom is -0.323 e. The molecule has 0 radical (unpaired) electrons. The molecule has 2 heterocycles. The molecule has 0 spiro atoms. The Morgan fingerprint density at radius 1 is 1.09 bits per heavy atom.